The number of benzene rings is 2. The number of allylic oxidation sites excluding steroid dienone is 1. The Morgan fingerprint density at radius 3 is 2.35 bits per heavy atom. The number of carboxylic acids is 1. The summed E-state index contributed by atoms with van der Waals surface area (Å²) in [6.07, 6.45) is 0.253. The van der Waals surface area contributed by atoms with Crippen molar-refractivity contribution in [2.75, 3.05) is 0 Å². The number of aliphatic carboxylic acids is 1. The molecule has 0 saturated heterocycles. The van der Waals surface area contributed by atoms with Crippen molar-refractivity contribution in [2.45, 2.75) is 16.6 Å². The van der Waals surface area contributed by atoms with Crippen LogP contribution >= 0.6 is 11.8 Å². The van der Waals surface area contributed by atoms with Gasteiger partial charge in [0.1, 0.15) is 10.6 Å². The summed E-state index contributed by atoms with van der Waals surface area (Å²) in [5, 5.41) is 12.0. The van der Waals surface area contributed by atoms with Crippen molar-refractivity contribution < 1.29 is 18.3 Å². The number of thioether (sulfide) groups is 1. The van der Waals surface area contributed by atoms with Gasteiger partial charge in [-0.05, 0) is 35.0 Å². The Morgan fingerprint density at radius 1 is 1.12 bits per heavy atom. The summed E-state index contributed by atoms with van der Waals surface area (Å²) in [6.45, 7) is 0. The van der Waals surface area contributed by atoms with Crippen LogP contribution in [0.1, 0.15) is 17.2 Å². The molecule has 0 aliphatic carbocycles. The minimum atomic E-state index is -3.97. The molecule has 3 rings (SSSR count). The number of nitrogens with one attached hydrogen (secondary N) is 1. The maximum Gasteiger partial charge on any atom is 0.344 e. The molecule has 26 heavy (non-hydrogen) atoms. The van der Waals surface area contributed by atoms with Crippen LogP contribution in [0.25, 0.3) is 0 Å². The number of carboxylic acid groups (broad SMARTS) is 1. The average Bonchev–Trinajstić information content (AvgIpc) is 3.06. The standard InChI is InChI=1S/C17H14N2O5S2/c20-17(21)16-14(10-15(25-16)11-4-2-1-3-5-11)19-26(23,24)13-8-6-12(18-22)7-9-13/h1-9,15,19H,10H2,(H,20,21). The molecule has 2 aromatic carbocycles. The Balaban J connectivity index is 1.86. The van der Waals surface area contributed by atoms with E-state index in [2.05, 4.69) is 9.90 Å². The average molecular weight is 390 g/mol. The van der Waals surface area contributed by atoms with Crippen LogP contribution in [-0.4, -0.2) is 19.5 Å². The lowest BCUT2D eigenvalue weighted by atomic mass is 10.1. The number of rotatable bonds is 6. The fraction of sp³-hybridized carbons (Fsp3) is 0.118. The topological polar surface area (TPSA) is 113 Å². The first-order valence-electron chi connectivity index (χ1n) is 7.55. The molecule has 1 atom stereocenters. The predicted molar refractivity (Wildman–Crippen MR) is 98.3 cm³/mol. The Labute approximate surface area is 154 Å². The van der Waals surface area contributed by atoms with Gasteiger partial charge in [-0.1, -0.05) is 30.3 Å². The Bertz CT molecular complexity index is 970. The zero-order valence-electron chi connectivity index (χ0n) is 13.3. The summed E-state index contributed by atoms with van der Waals surface area (Å²) in [6, 6.07) is 14.4. The van der Waals surface area contributed by atoms with Crippen molar-refractivity contribution in [1.82, 2.24) is 4.72 Å². The van der Waals surface area contributed by atoms with Gasteiger partial charge in [0.25, 0.3) is 10.0 Å². The lowest BCUT2D eigenvalue weighted by molar-refractivity contribution is -0.131. The lowest BCUT2D eigenvalue weighted by Crippen LogP contribution is -2.24. The van der Waals surface area contributed by atoms with E-state index < -0.39 is 16.0 Å². The third-order valence-corrected chi connectivity index (χ3v) is 6.59. The molecule has 0 fully saturated rings. The third-order valence-electron chi connectivity index (χ3n) is 3.80. The van der Waals surface area contributed by atoms with Gasteiger partial charge in [0.15, 0.2) is 0 Å². The van der Waals surface area contributed by atoms with Crippen LogP contribution in [0.15, 0.2) is 75.3 Å². The van der Waals surface area contributed by atoms with E-state index in [9.17, 15) is 23.2 Å². The first-order chi connectivity index (χ1) is 12.4. The monoisotopic (exact) mass is 390 g/mol. The molecule has 2 aromatic rings. The smallest absolute Gasteiger partial charge is 0.344 e. The molecule has 1 heterocycles. The van der Waals surface area contributed by atoms with Gasteiger partial charge >= 0.3 is 5.97 Å². The van der Waals surface area contributed by atoms with E-state index in [0.29, 0.717) is 0 Å². The highest BCUT2D eigenvalue weighted by Gasteiger charge is 2.32. The van der Waals surface area contributed by atoms with Crippen LogP contribution in [0.4, 0.5) is 5.69 Å². The summed E-state index contributed by atoms with van der Waals surface area (Å²) >= 11 is 1.12. The summed E-state index contributed by atoms with van der Waals surface area (Å²) in [5.74, 6) is -1.17. The molecule has 7 nitrogen and oxygen atoms in total. The fourth-order valence-corrected chi connectivity index (χ4v) is 4.95. The van der Waals surface area contributed by atoms with Crippen LogP contribution in [0, 0.1) is 4.91 Å². The highest BCUT2D eigenvalue weighted by Crippen LogP contribution is 2.47. The molecule has 134 valence electrons. The van der Waals surface area contributed by atoms with Crippen LogP contribution in [0.2, 0.25) is 0 Å². The quantitative estimate of drug-likeness (QED) is 0.730. The Morgan fingerprint density at radius 2 is 1.77 bits per heavy atom. The molecule has 9 heteroatoms. The summed E-state index contributed by atoms with van der Waals surface area (Å²) < 4.78 is 27.5. The van der Waals surface area contributed by atoms with E-state index >= 15 is 0 Å². The number of hydrogen-bond donors (Lipinski definition) is 2. The van der Waals surface area contributed by atoms with Gasteiger partial charge in [0, 0.05) is 17.4 Å². The van der Waals surface area contributed by atoms with E-state index in [1.165, 1.54) is 24.3 Å². The van der Waals surface area contributed by atoms with Crippen LogP contribution in [0.3, 0.4) is 0 Å². The zero-order valence-corrected chi connectivity index (χ0v) is 15.0. The molecule has 1 unspecified atom stereocenters. The third kappa shape index (κ3) is 3.78. The molecule has 0 bridgehead atoms. The molecular formula is C17H14N2O5S2. The van der Waals surface area contributed by atoms with Crippen molar-refractivity contribution in [3.8, 4) is 0 Å². The van der Waals surface area contributed by atoms with Crippen LogP contribution in [0.5, 0.6) is 0 Å². The van der Waals surface area contributed by atoms with E-state index in [1.54, 1.807) is 0 Å². The summed E-state index contributed by atoms with van der Waals surface area (Å²) in [5.41, 5.74) is 1.18. The van der Waals surface area contributed by atoms with E-state index in [0.717, 1.165) is 17.3 Å². The first kappa shape index (κ1) is 18.2. The van der Waals surface area contributed by atoms with E-state index in [1.807, 2.05) is 30.3 Å². The van der Waals surface area contributed by atoms with Crippen LogP contribution < -0.4 is 4.72 Å². The van der Waals surface area contributed by atoms with Gasteiger partial charge in [-0.2, -0.15) is 0 Å². The SMILES string of the molecule is O=Nc1ccc(S(=O)(=O)NC2=C(C(=O)O)SC(c3ccccc3)C2)cc1. The number of sulfonamides is 1. The number of nitrogens with zero attached hydrogens (tertiary/aromatic N) is 1. The molecule has 0 amide bonds. The second kappa shape index (κ2) is 7.30. The molecule has 1 aliphatic heterocycles. The lowest BCUT2D eigenvalue weighted by Gasteiger charge is -2.11. The van der Waals surface area contributed by atoms with Crippen molar-refractivity contribution in [2.24, 2.45) is 5.18 Å². The van der Waals surface area contributed by atoms with Crippen molar-refractivity contribution in [3.05, 3.63) is 75.7 Å². The molecule has 0 saturated carbocycles. The highest BCUT2D eigenvalue weighted by molar-refractivity contribution is 8.04. The number of nitroso groups, excluding NO2 is 1. The molecular weight excluding hydrogens is 376 g/mol. The van der Waals surface area contributed by atoms with Gasteiger partial charge in [0.2, 0.25) is 0 Å². The van der Waals surface area contributed by atoms with Gasteiger partial charge < -0.3 is 5.11 Å². The largest absolute Gasteiger partial charge is 0.477 e. The molecule has 0 spiro atoms. The normalized spacial score (nSPS) is 17.2. The van der Waals surface area contributed by atoms with Gasteiger partial charge in [0.05, 0.1) is 4.90 Å². The Hall–Kier alpha value is -2.65. The first-order valence-corrected chi connectivity index (χ1v) is 9.91. The number of hydrogen-bond acceptors (Lipinski definition) is 6. The molecule has 2 N–H and O–H groups in total. The summed E-state index contributed by atoms with van der Waals surface area (Å²) in [4.78, 5) is 21.9. The molecule has 1 aliphatic rings. The number of carbonyl (C=O) groups is 1. The predicted octanol–water partition coefficient (Wildman–Crippen LogP) is 3.54. The minimum absolute atomic E-state index is 0.0198. The summed E-state index contributed by atoms with van der Waals surface area (Å²) in [7, 11) is -3.97. The second-order valence-electron chi connectivity index (χ2n) is 5.52. The molecule has 0 aromatic heterocycles. The van der Waals surface area contributed by atoms with Crippen molar-refractivity contribution >= 4 is 33.4 Å². The zero-order chi connectivity index (χ0) is 18.7. The van der Waals surface area contributed by atoms with Gasteiger partial charge in [-0.25, -0.2) is 13.2 Å². The minimum Gasteiger partial charge on any atom is -0.477 e. The van der Waals surface area contributed by atoms with Gasteiger partial charge in [-0.3, -0.25) is 4.72 Å². The van der Waals surface area contributed by atoms with Gasteiger partial charge in [-0.15, -0.1) is 16.7 Å². The van der Waals surface area contributed by atoms with Crippen molar-refractivity contribution in [3.63, 3.8) is 0 Å². The van der Waals surface area contributed by atoms with E-state index in [-0.39, 0.29) is 32.9 Å². The maximum atomic E-state index is 12.5. The highest BCUT2D eigenvalue weighted by atomic mass is 32.2. The fourth-order valence-electron chi connectivity index (χ4n) is 2.56. The Kier molecular flexibility index (Phi) is 5.10. The maximum absolute atomic E-state index is 12.5. The van der Waals surface area contributed by atoms with Crippen LogP contribution in [-0.2, 0) is 14.8 Å². The van der Waals surface area contributed by atoms with Crippen molar-refractivity contribution in [1.29, 1.82) is 0 Å². The molecule has 0 radical (unpaired) electrons. The second-order valence-corrected chi connectivity index (χ2v) is 8.42. The van der Waals surface area contributed by atoms with E-state index in [4.69, 9.17) is 0 Å².